The van der Waals surface area contributed by atoms with Gasteiger partial charge >= 0.3 is 0 Å². The molecule has 1 atom stereocenters. The SMILES string of the molecule is Cn1ccnc1-c1sc(NC(=O)C2CCCN(Cc3ccccc3)C2)nc1-c1ccccc1. The summed E-state index contributed by atoms with van der Waals surface area (Å²) < 4.78 is 1.98. The summed E-state index contributed by atoms with van der Waals surface area (Å²) in [5.74, 6) is 0.856. The van der Waals surface area contributed by atoms with E-state index in [1.165, 1.54) is 16.9 Å². The Morgan fingerprint density at radius 3 is 2.61 bits per heavy atom. The molecule has 6 nitrogen and oxygen atoms in total. The first-order valence-electron chi connectivity index (χ1n) is 11.3. The fourth-order valence-corrected chi connectivity index (χ4v) is 5.39. The zero-order valence-electron chi connectivity index (χ0n) is 18.6. The van der Waals surface area contributed by atoms with Crippen LogP contribution in [0.5, 0.6) is 0 Å². The Balaban J connectivity index is 1.34. The molecule has 3 heterocycles. The van der Waals surface area contributed by atoms with Gasteiger partial charge < -0.3 is 9.88 Å². The molecule has 168 valence electrons. The Hall–Kier alpha value is -3.29. The minimum atomic E-state index is -0.0388. The van der Waals surface area contributed by atoms with Gasteiger partial charge in [0.05, 0.1) is 16.5 Å². The molecule has 2 aromatic carbocycles. The molecule has 1 fully saturated rings. The van der Waals surface area contributed by atoms with Crippen molar-refractivity contribution in [1.82, 2.24) is 19.4 Å². The van der Waals surface area contributed by atoms with Gasteiger partial charge in [-0.3, -0.25) is 9.69 Å². The third-order valence-corrected chi connectivity index (χ3v) is 7.02. The lowest BCUT2D eigenvalue weighted by Gasteiger charge is -2.31. The molecule has 5 rings (SSSR count). The number of hydrogen-bond acceptors (Lipinski definition) is 5. The van der Waals surface area contributed by atoms with Crippen LogP contribution in [0.25, 0.3) is 22.0 Å². The second-order valence-corrected chi connectivity index (χ2v) is 9.47. The minimum Gasteiger partial charge on any atom is -0.333 e. The standard InChI is InChI=1S/C26H27N5OS/c1-30-16-14-27-24(30)23-22(20-11-6-3-7-12-20)28-26(33-23)29-25(32)21-13-8-15-31(18-21)17-19-9-4-2-5-10-19/h2-7,9-12,14,16,21H,8,13,15,17-18H2,1H3,(H,28,29,32). The van der Waals surface area contributed by atoms with Crippen LogP contribution >= 0.6 is 11.3 Å². The Morgan fingerprint density at radius 1 is 1.12 bits per heavy atom. The Kier molecular flexibility index (Phi) is 6.32. The molecule has 7 heteroatoms. The maximum atomic E-state index is 13.2. The van der Waals surface area contributed by atoms with Gasteiger partial charge in [0, 0.05) is 38.1 Å². The van der Waals surface area contributed by atoms with Crippen molar-refractivity contribution >= 4 is 22.4 Å². The molecular formula is C26H27N5OS. The number of likely N-dealkylation sites (tertiary alicyclic amines) is 1. The molecule has 2 aromatic heterocycles. The van der Waals surface area contributed by atoms with Crippen molar-refractivity contribution in [2.24, 2.45) is 13.0 Å². The van der Waals surface area contributed by atoms with Crippen LogP contribution in [0.4, 0.5) is 5.13 Å². The number of aryl methyl sites for hydroxylation is 1. The summed E-state index contributed by atoms with van der Waals surface area (Å²) in [6.45, 7) is 2.67. The molecule has 1 aliphatic heterocycles. The maximum absolute atomic E-state index is 13.2. The van der Waals surface area contributed by atoms with Crippen LogP contribution in [-0.4, -0.2) is 38.4 Å². The van der Waals surface area contributed by atoms with E-state index in [1.807, 2.05) is 54.2 Å². The Labute approximate surface area is 197 Å². The van der Waals surface area contributed by atoms with Crippen molar-refractivity contribution < 1.29 is 4.79 Å². The fraction of sp³-hybridized carbons (Fsp3) is 0.269. The predicted molar refractivity (Wildman–Crippen MR) is 133 cm³/mol. The highest BCUT2D eigenvalue weighted by atomic mass is 32.1. The molecular weight excluding hydrogens is 430 g/mol. The highest BCUT2D eigenvalue weighted by Crippen LogP contribution is 2.38. The van der Waals surface area contributed by atoms with Gasteiger partial charge in [-0.25, -0.2) is 9.97 Å². The van der Waals surface area contributed by atoms with Gasteiger partial charge in [0.2, 0.25) is 5.91 Å². The highest BCUT2D eigenvalue weighted by Gasteiger charge is 2.27. The van der Waals surface area contributed by atoms with Crippen LogP contribution in [0.2, 0.25) is 0 Å². The van der Waals surface area contributed by atoms with Crippen LogP contribution in [0.1, 0.15) is 18.4 Å². The molecule has 0 radical (unpaired) electrons. The molecule has 1 aliphatic rings. The molecule has 0 aliphatic carbocycles. The van der Waals surface area contributed by atoms with Gasteiger partial charge in [-0.05, 0) is 24.9 Å². The van der Waals surface area contributed by atoms with Crippen LogP contribution in [-0.2, 0) is 18.4 Å². The van der Waals surface area contributed by atoms with E-state index in [2.05, 4.69) is 39.5 Å². The lowest BCUT2D eigenvalue weighted by molar-refractivity contribution is -0.121. The molecule has 33 heavy (non-hydrogen) atoms. The minimum absolute atomic E-state index is 0.0388. The van der Waals surface area contributed by atoms with Crippen molar-refractivity contribution in [3.05, 3.63) is 78.6 Å². The number of hydrogen-bond donors (Lipinski definition) is 1. The van der Waals surface area contributed by atoms with Gasteiger partial charge in [-0.1, -0.05) is 72.0 Å². The van der Waals surface area contributed by atoms with Gasteiger partial charge in [0.1, 0.15) is 0 Å². The van der Waals surface area contributed by atoms with Crippen molar-refractivity contribution in [1.29, 1.82) is 0 Å². The van der Waals surface area contributed by atoms with E-state index in [1.54, 1.807) is 6.20 Å². The van der Waals surface area contributed by atoms with Crippen LogP contribution in [0.15, 0.2) is 73.1 Å². The van der Waals surface area contributed by atoms with Gasteiger partial charge in [0.15, 0.2) is 11.0 Å². The van der Waals surface area contributed by atoms with E-state index in [-0.39, 0.29) is 11.8 Å². The molecule has 0 saturated carbocycles. The summed E-state index contributed by atoms with van der Waals surface area (Å²) in [4.78, 5) is 25.9. The number of amides is 1. The van der Waals surface area contributed by atoms with Gasteiger partial charge in [-0.2, -0.15) is 0 Å². The smallest absolute Gasteiger partial charge is 0.230 e. The lowest BCUT2D eigenvalue weighted by atomic mass is 9.97. The van der Waals surface area contributed by atoms with E-state index >= 15 is 0 Å². The molecule has 0 spiro atoms. The first-order valence-corrected chi connectivity index (χ1v) is 12.1. The number of nitrogens with one attached hydrogen (secondary N) is 1. The monoisotopic (exact) mass is 457 g/mol. The number of piperidine rings is 1. The van der Waals surface area contributed by atoms with E-state index in [0.717, 1.165) is 54.4 Å². The third-order valence-electron chi connectivity index (χ3n) is 6.05. The number of carbonyl (C=O) groups excluding carboxylic acids is 1. The van der Waals surface area contributed by atoms with E-state index in [4.69, 9.17) is 4.98 Å². The van der Waals surface area contributed by atoms with Crippen molar-refractivity contribution in [2.75, 3.05) is 18.4 Å². The summed E-state index contributed by atoms with van der Waals surface area (Å²) in [6, 6.07) is 20.5. The molecule has 4 aromatic rings. The van der Waals surface area contributed by atoms with Crippen molar-refractivity contribution in [3.8, 4) is 22.0 Å². The summed E-state index contributed by atoms with van der Waals surface area (Å²) in [5.41, 5.74) is 3.14. The number of thiazole rings is 1. The second-order valence-electron chi connectivity index (χ2n) is 8.47. The van der Waals surface area contributed by atoms with Crippen molar-refractivity contribution in [3.63, 3.8) is 0 Å². The maximum Gasteiger partial charge on any atom is 0.230 e. The molecule has 1 amide bonds. The molecule has 1 saturated heterocycles. The largest absolute Gasteiger partial charge is 0.333 e. The molecule has 1 N–H and O–H groups in total. The van der Waals surface area contributed by atoms with Gasteiger partial charge in [0.25, 0.3) is 0 Å². The molecule has 1 unspecified atom stereocenters. The summed E-state index contributed by atoms with van der Waals surface area (Å²) in [6.07, 6.45) is 5.63. The number of aromatic nitrogens is 3. The normalized spacial score (nSPS) is 16.6. The fourth-order valence-electron chi connectivity index (χ4n) is 4.36. The van der Waals surface area contributed by atoms with Crippen molar-refractivity contribution in [2.45, 2.75) is 19.4 Å². The molecule has 0 bridgehead atoms. The zero-order valence-corrected chi connectivity index (χ0v) is 19.5. The number of rotatable bonds is 6. The third kappa shape index (κ3) is 4.89. The first-order chi connectivity index (χ1) is 16.2. The number of carbonyl (C=O) groups is 1. The zero-order chi connectivity index (χ0) is 22.6. The van der Waals surface area contributed by atoms with Gasteiger partial charge in [-0.15, -0.1) is 0 Å². The predicted octanol–water partition coefficient (Wildman–Crippen LogP) is 5.06. The topological polar surface area (TPSA) is 63.1 Å². The average molecular weight is 458 g/mol. The number of benzene rings is 2. The Morgan fingerprint density at radius 2 is 1.88 bits per heavy atom. The lowest BCUT2D eigenvalue weighted by Crippen LogP contribution is -2.40. The number of anilines is 1. The Bertz CT molecular complexity index is 1220. The van der Waals surface area contributed by atoms with E-state index < -0.39 is 0 Å². The average Bonchev–Trinajstić information content (AvgIpc) is 3.46. The van der Waals surface area contributed by atoms with E-state index in [0.29, 0.717) is 5.13 Å². The van der Waals surface area contributed by atoms with Crippen LogP contribution < -0.4 is 5.32 Å². The van der Waals surface area contributed by atoms with Crippen LogP contribution in [0.3, 0.4) is 0 Å². The quantitative estimate of drug-likeness (QED) is 0.440. The van der Waals surface area contributed by atoms with Crippen LogP contribution in [0, 0.1) is 5.92 Å². The summed E-state index contributed by atoms with van der Waals surface area (Å²) in [5, 5.41) is 3.74. The summed E-state index contributed by atoms with van der Waals surface area (Å²) in [7, 11) is 1.97. The second kappa shape index (κ2) is 9.68. The number of nitrogens with zero attached hydrogens (tertiary/aromatic N) is 4. The first kappa shape index (κ1) is 21.6. The number of imidazole rings is 1. The summed E-state index contributed by atoms with van der Waals surface area (Å²) >= 11 is 1.48. The van der Waals surface area contributed by atoms with E-state index in [9.17, 15) is 4.79 Å². The highest BCUT2D eigenvalue weighted by molar-refractivity contribution is 7.19.